The van der Waals surface area contributed by atoms with Gasteiger partial charge in [0, 0.05) is 26.2 Å². The molecule has 0 aliphatic carbocycles. The predicted octanol–water partition coefficient (Wildman–Crippen LogP) is 4.59. The number of para-hydroxylation sites is 3. The zero-order valence-electron chi connectivity index (χ0n) is 20.1. The van der Waals surface area contributed by atoms with Gasteiger partial charge in [-0.3, -0.25) is 9.78 Å². The number of likely N-dealkylation sites (N-methyl/N-ethyl adjacent to an activating group) is 1. The third-order valence-corrected chi connectivity index (χ3v) is 7.49. The first kappa shape index (κ1) is 22.8. The van der Waals surface area contributed by atoms with Gasteiger partial charge in [0.2, 0.25) is 0 Å². The van der Waals surface area contributed by atoms with Crippen LogP contribution in [0.1, 0.15) is 48.2 Å². The Morgan fingerprint density at radius 1 is 0.941 bits per heavy atom. The number of fused-ring (bicyclic) bond motifs is 2. The maximum absolute atomic E-state index is 13.2. The molecule has 2 aromatic carbocycles. The standard InChI is InChI=1S/C28H34N4O2/c1-31-18-19-34-26-12-5-2-8-22(26)9-6-7-13-28(21-31)14-16-32(17-15-28)27(33)25-20-29-23-10-3-4-11-24(23)30-25/h2-5,8,10-12,20H,6-7,9,13-19,21H2,1H3. The number of piperidine rings is 1. The summed E-state index contributed by atoms with van der Waals surface area (Å²) in [6, 6.07) is 16.1. The summed E-state index contributed by atoms with van der Waals surface area (Å²) in [5, 5.41) is 0. The predicted molar refractivity (Wildman–Crippen MR) is 134 cm³/mol. The van der Waals surface area contributed by atoms with Crippen LogP contribution >= 0.6 is 0 Å². The molecule has 0 unspecified atom stereocenters. The molecule has 5 rings (SSSR count). The first-order chi connectivity index (χ1) is 16.6. The van der Waals surface area contributed by atoms with Crippen LogP contribution in [0.15, 0.2) is 54.7 Å². The van der Waals surface area contributed by atoms with E-state index in [0.717, 1.165) is 62.2 Å². The molecule has 1 fully saturated rings. The molecule has 1 aromatic heterocycles. The Balaban J connectivity index is 1.25. The van der Waals surface area contributed by atoms with E-state index in [2.05, 4.69) is 46.2 Å². The lowest BCUT2D eigenvalue weighted by molar-refractivity contribution is 0.0421. The molecule has 0 bridgehead atoms. The van der Waals surface area contributed by atoms with E-state index in [1.807, 2.05) is 29.2 Å². The normalized spacial score (nSPS) is 19.6. The van der Waals surface area contributed by atoms with Crippen molar-refractivity contribution in [2.24, 2.45) is 5.41 Å². The number of aromatic nitrogens is 2. The number of nitrogens with zero attached hydrogens (tertiary/aromatic N) is 4. The monoisotopic (exact) mass is 458 g/mol. The second-order valence-electron chi connectivity index (χ2n) is 9.94. The molecule has 1 amide bonds. The van der Waals surface area contributed by atoms with Crippen LogP contribution in [0.3, 0.4) is 0 Å². The number of benzene rings is 2. The van der Waals surface area contributed by atoms with Gasteiger partial charge >= 0.3 is 0 Å². The summed E-state index contributed by atoms with van der Waals surface area (Å²) in [6.45, 7) is 4.22. The van der Waals surface area contributed by atoms with Crippen molar-refractivity contribution in [3.8, 4) is 5.75 Å². The molecule has 178 valence electrons. The van der Waals surface area contributed by atoms with Gasteiger partial charge in [0.15, 0.2) is 0 Å². The van der Waals surface area contributed by atoms with Gasteiger partial charge in [0.25, 0.3) is 5.91 Å². The highest BCUT2D eigenvalue weighted by Gasteiger charge is 2.37. The highest BCUT2D eigenvalue weighted by atomic mass is 16.5. The van der Waals surface area contributed by atoms with E-state index in [1.54, 1.807) is 6.20 Å². The van der Waals surface area contributed by atoms with Crippen LogP contribution < -0.4 is 4.74 Å². The van der Waals surface area contributed by atoms with Crippen LogP contribution in [0.2, 0.25) is 0 Å². The van der Waals surface area contributed by atoms with Gasteiger partial charge in [-0.2, -0.15) is 0 Å². The number of hydrogen-bond donors (Lipinski definition) is 0. The number of rotatable bonds is 1. The Labute approximate surface area is 202 Å². The van der Waals surface area contributed by atoms with Crippen molar-refractivity contribution >= 4 is 16.9 Å². The first-order valence-corrected chi connectivity index (χ1v) is 12.5. The van der Waals surface area contributed by atoms with Crippen molar-refractivity contribution in [1.29, 1.82) is 0 Å². The Morgan fingerprint density at radius 2 is 1.71 bits per heavy atom. The summed E-state index contributed by atoms with van der Waals surface area (Å²) in [6.07, 6.45) is 8.32. The van der Waals surface area contributed by atoms with Gasteiger partial charge in [0.05, 0.1) is 17.2 Å². The molecule has 2 aliphatic heterocycles. The fourth-order valence-electron chi connectivity index (χ4n) is 5.52. The lowest BCUT2D eigenvalue weighted by Gasteiger charge is -2.44. The third kappa shape index (κ3) is 5.07. The minimum Gasteiger partial charge on any atom is -0.492 e. The number of likely N-dealkylation sites (tertiary alicyclic amines) is 1. The van der Waals surface area contributed by atoms with Crippen LogP contribution in [0.5, 0.6) is 5.75 Å². The molecule has 3 heterocycles. The van der Waals surface area contributed by atoms with E-state index in [0.29, 0.717) is 12.3 Å². The zero-order chi connectivity index (χ0) is 23.4. The van der Waals surface area contributed by atoms with E-state index >= 15 is 0 Å². The molecule has 0 radical (unpaired) electrons. The van der Waals surface area contributed by atoms with Gasteiger partial charge in [-0.25, -0.2) is 4.98 Å². The quantitative estimate of drug-likeness (QED) is 0.534. The van der Waals surface area contributed by atoms with Crippen LogP contribution in [0, 0.1) is 5.41 Å². The minimum atomic E-state index is -0.000353. The molecular weight excluding hydrogens is 424 g/mol. The van der Waals surface area contributed by atoms with Crippen LogP contribution in [0.25, 0.3) is 11.0 Å². The Morgan fingerprint density at radius 3 is 2.56 bits per heavy atom. The largest absolute Gasteiger partial charge is 0.492 e. The lowest BCUT2D eigenvalue weighted by atomic mass is 9.73. The summed E-state index contributed by atoms with van der Waals surface area (Å²) < 4.78 is 6.13. The fraction of sp³-hybridized carbons (Fsp3) is 0.464. The molecule has 2 aliphatic rings. The third-order valence-electron chi connectivity index (χ3n) is 7.49. The number of ether oxygens (including phenoxy) is 1. The average molecular weight is 459 g/mol. The first-order valence-electron chi connectivity index (χ1n) is 12.5. The summed E-state index contributed by atoms with van der Waals surface area (Å²) in [4.78, 5) is 26.6. The van der Waals surface area contributed by atoms with Crippen LogP contribution in [-0.4, -0.2) is 65.5 Å². The number of carbonyl (C=O) groups is 1. The molecule has 1 saturated heterocycles. The molecule has 0 saturated carbocycles. The number of amides is 1. The minimum absolute atomic E-state index is 0.000353. The van der Waals surface area contributed by atoms with Gasteiger partial charge in [-0.15, -0.1) is 0 Å². The topological polar surface area (TPSA) is 58.6 Å². The van der Waals surface area contributed by atoms with Crippen molar-refractivity contribution in [3.63, 3.8) is 0 Å². The molecule has 1 spiro atoms. The van der Waals surface area contributed by atoms with E-state index in [4.69, 9.17) is 4.74 Å². The summed E-state index contributed by atoms with van der Waals surface area (Å²) in [5.41, 5.74) is 3.60. The van der Waals surface area contributed by atoms with E-state index in [1.165, 1.54) is 24.8 Å². The Bertz CT molecular complexity index is 1140. The Hall–Kier alpha value is -2.99. The van der Waals surface area contributed by atoms with Gasteiger partial charge < -0.3 is 14.5 Å². The smallest absolute Gasteiger partial charge is 0.274 e. The van der Waals surface area contributed by atoms with Crippen molar-refractivity contribution < 1.29 is 9.53 Å². The molecule has 34 heavy (non-hydrogen) atoms. The van der Waals surface area contributed by atoms with Crippen LogP contribution in [-0.2, 0) is 6.42 Å². The van der Waals surface area contributed by atoms with Gasteiger partial charge in [-0.1, -0.05) is 36.8 Å². The molecule has 0 atom stereocenters. The van der Waals surface area contributed by atoms with Crippen molar-refractivity contribution in [3.05, 3.63) is 66.0 Å². The van der Waals surface area contributed by atoms with Gasteiger partial charge in [0.1, 0.15) is 18.1 Å². The maximum Gasteiger partial charge on any atom is 0.274 e. The molecule has 6 nitrogen and oxygen atoms in total. The summed E-state index contributed by atoms with van der Waals surface area (Å²) >= 11 is 0. The highest BCUT2D eigenvalue weighted by molar-refractivity contribution is 5.93. The van der Waals surface area contributed by atoms with E-state index in [-0.39, 0.29) is 11.3 Å². The maximum atomic E-state index is 13.2. The van der Waals surface area contributed by atoms with Crippen LogP contribution in [0.4, 0.5) is 0 Å². The number of hydrogen-bond acceptors (Lipinski definition) is 5. The van der Waals surface area contributed by atoms with Crippen molar-refractivity contribution in [2.75, 3.05) is 39.8 Å². The SMILES string of the molecule is CN1CCOc2ccccc2CCCCC2(CCN(C(=O)c3cnc4ccccc4n3)CC2)C1. The van der Waals surface area contributed by atoms with Crippen molar-refractivity contribution in [1.82, 2.24) is 19.8 Å². The second kappa shape index (κ2) is 10.1. The second-order valence-corrected chi connectivity index (χ2v) is 9.94. The summed E-state index contributed by atoms with van der Waals surface area (Å²) in [7, 11) is 2.20. The van der Waals surface area contributed by atoms with Gasteiger partial charge in [-0.05, 0) is 68.3 Å². The summed E-state index contributed by atoms with van der Waals surface area (Å²) in [5.74, 6) is 1.04. The Kier molecular flexibility index (Phi) is 6.77. The lowest BCUT2D eigenvalue weighted by Crippen LogP contribution is -2.48. The van der Waals surface area contributed by atoms with E-state index < -0.39 is 0 Å². The number of carbonyl (C=O) groups excluding carboxylic acids is 1. The fourth-order valence-corrected chi connectivity index (χ4v) is 5.52. The average Bonchev–Trinajstić information content (AvgIpc) is 2.86. The number of aryl methyl sites for hydroxylation is 1. The molecular formula is C28H34N4O2. The zero-order valence-corrected chi connectivity index (χ0v) is 20.1. The van der Waals surface area contributed by atoms with Crippen molar-refractivity contribution in [2.45, 2.75) is 38.5 Å². The highest BCUT2D eigenvalue weighted by Crippen LogP contribution is 2.38. The van der Waals surface area contributed by atoms with E-state index in [9.17, 15) is 4.79 Å². The molecule has 0 N–H and O–H groups in total. The molecule has 6 heteroatoms. The molecule has 3 aromatic rings.